The molecule has 0 spiro atoms. The van der Waals surface area contributed by atoms with Gasteiger partial charge in [0, 0.05) is 6.04 Å². The van der Waals surface area contributed by atoms with Gasteiger partial charge in [0.05, 0.1) is 12.2 Å². The molecule has 2 rings (SSSR count). The summed E-state index contributed by atoms with van der Waals surface area (Å²) in [5.41, 5.74) is 0. The highest BCUT2D eigenvalue weighted by Gasteiger charge is 2.35. The van der Waals surface area contributed by atoms with E-state index in [0.717, 1.165) is 11.8 Å². The molecule has 5 unspecified atom stereocenters. The minimum atomic E-state index is 0.468. The Morgan fingerprint density at radius 1 is 1.12 bits per heavy atom. The first-order valence-electron chi connectivity index (χ1n) is 7.03. The van der Waals surface area contributed by atoms with Gasteiger partial charge in [-0.15, -0.1) is 0 Å². The fraction of sp³-hybridized carbons (Fsp3) is 1.00. The second kappa shape index (κ2) is 5.50. The normalized spacial score (nSPS) is 42.2. The average molecular weight is 225 g/mol. The first kappa shape index (κ1) is 12.4. The summed E-state index contributed by atoms with van der Waals surface area (Å²) >= 11 is 0. The van der Waals surface area contributed by atoms with Gasteiger partial charge in [0.15, 0.2) is 0 Å². The molecule has 2 aliphatic rings. The fourth-order valence-electron chi connectivity index (χ4n) is 3.63. The van der Waals surface area contributed by atoms with Crippen LogP contribution in [0.3, 0.4) is 0 Å². The molecule has 1 N–H and O–H groups in total. The molecule has 1 saturated heterocycles. The van der Waals surface area contributed by atoms with Gasteiger partial charge in [-0.05, 0) is 51.5 Å². The summed E-state index contributed by atoms with van der Waals surface area (Å²) in [6.07, 6.45) is 9.05. The van der Waals surface area contributed by atoms with Crippen molar-refractivity contribution in [1.29, 1.82) is 0 Å². The van der Waals surface area contributed by atoms with Crippen molar-refractivity contribution in [1.82, 2.24) is 5.32 Å². The highest BCUT2D eigenvalue weighted by Crippen LogP contribution is 2.35. The lowest BCUT2D eigenvalue weighted by molar-refractivity contribution is 0.0111. The molecule has 1 aliphatic carbocycles. The molecule has 1 saturated carbocycles. The number of ether oxygens (including phenoxy) is 1. The van der Waals surface area contributed by atoms with Crippen LogP contribution in [0, 0.1) is 11.8 Å². The quantitative estimate of drug-likeness (QED) is 0.797. The van der Waals surface area contributed by atoms with Crippen LogP contribution in [0.5, 0.6) is 0 Å². The van der Waals surface area contributed by atoms with E-state index in [2.05, 4.69) is 26.2 Å². The van der Waals surface area contributed by atoms with Crippen LogP contribution < -0.4 is 5.32 Å². The van der Waals surface area contributed by atoms with Gasteiger partial charge >= 0.3 is 0 Å². The third kappa shape index (κ3) is 2.78. The first-order valence-corrected chi connectivity index (χ1v) is 7.03. The highest BCUT2D eigenvalue weighted by atomic mass is 16.5. The zero-order chi connectivity index (χ0) is 11.5. The molecule has 94 valence electrons. The molecule has 2 nitrogen and oxygen atoms in total. The van der Waals surface area contributed by atoms with Gasteiger partial charge in [0.25, 0.3) is 0 Å². The fourth-order valence-corrected chi connectivity index (χ4v) is 3.63. The molecule has 0 aromatic carbocycles. The Kier molecular flexibility index (Phi) is 4.26. The summed E-state index contributed by atoms with van der Waals surface area (Å²) in [6, 6.07) is 0.590. The summed E-state index contributed by atoms with van der Waals surface area (Å²) in [5.74, 6) is 1.75. The van der Waals surface area contributed by atoms with Gasteiger partial charge in [0.2, 0.25) is 0 Å². The van der Waals surface area contributed by atoms with Crippen LogP contribution in [0.4, 0.5) is 0 Å². The zero-order valence-electron chi connectivity index (χ0n) is 11.0. The largest absolute Gasteiger partial charge is 0.374 e. The topological polar surface area (TPSA) is 21.3 Å². The predicted octanol–water partition coefficient (Wildman–Crippen LogP) is 2.97. The smallest absolute Gasteiger partial charge is 0.0735 e. The molecule has 0 aromatic rings. The summed E-state index contributed by atoms with van der Waals surface area (Å²) in [4.78, 5) is 0. The number of rotatable bonds is 3. The van der Waals surface area contributed by atoms with Crippen molar-refractivity contribution in [2.45, 2.75) is 70.6 Å². The van der Waals surface area contributed by atoms with E-state index in [9.17, 15) is 0 Å². The van der Waals surface area contributed by atoms with Crippen molar-refractivity contribution < 1.29 is 4.74 Å². The van der Waals surface area contributed by atoms with E-state index in [-0.39, 0.29) is 0 Å². The van der Waals surface area contributed by atoms with Crippen molar-refractivity contribution >= 4 is 0 Å². The van der Waals surface area contributed by atoms with Crippen molar-refractivity contribution in [2.24, 2.45) is 11.8 Å². The molecular weight excluding hydrogens is 198 g/mol. The molecule has 2 fully saturated rings. The third-order valence-electron chi connectivity index (χ3n) is 4.48. The van der Waals surface area contributed by atoms with Crippen molar-refractivity contribution in [2.75, 3.05) is 7.05 Å². The highest BCUT2D eigenvalue weighted by molar-refractivity contribution is 4.89. The van der Waals surface area contributed by atoms with Gasteiger partial charge in [-0.3, -0.25) is 0 Å². The Balaban J connectivity index is 1.93. The van der Waals surface area contributed by atoms with Crippen LogP contribution in [0.15, 0.2) is 0 Å². The second-order valence-corrected chi connectivity index (χ2v) is 5.91. The molecule has 0 radical (unpaired) electrons. The molecule has 2 heteroatoms. The lowest BCUT2D eigenvalue weighted by atomic mass is 9.77. The zero-order valence-corrected chi connectivity index (χ0v) is 11.0. The van der Waals surface area contributed by atoms with Gasteiger partial charge in [-0.25, -0.2) is 0 Å². The van der Waals surface area contributed by atoms with E-state index < -0.39 is 0 Å². The summed E-state index contributed by atoms with van der Waals surface area (Å²) in [5, 5.41) is 3.53. The van der Waals surface area contributed by atoms with Crippen LogP contribution in [0.2, 0.25) is 0 Å². The van der Waals surface area contributed by atoms with Crippen molar-refractivity contribution in [3.05, 3.63) is 0 Å². The molecular formula is C14H27NO. The van der Waals surface area contributed by atoms with E-state index in [1.54, 1.807) is 0 Å². The van der Waals surface area contributed by atoms with Crippen LogP contribution in [0.1, 0.15) is 52.4 Å². The molecule has 0 aromatic heterocycles. The van der Waals surface area contributed by atoms with Crippen LogP contribution >= 0.6 is 0 Å². The monoisotopic (exact) mass is 225 g/mol. The van der Waals surface area contributed by atoms with Crippen molar-refractivity contribution in [3.63, 3.8) is 0 Å². The Morgan fingerprint density at radius 3 is 2.50 bits per heavy atom. The van der Waals surface area contributed by atoms with E-state index in [1.807, 2.05) is 0 Å². The number of hydrogen-bond acceptors (Lipinski definition) is 2. The maximum absolute atomic E-state index is 6.04. The third-order valence-corrected chi connectivity index (χ3v) is 4.48. The summed E-state index contributed by atoms with van der Waals surface area (Å²) in [6.45, 7) is 4.60. The Labute approximate surface area is 100 Å². The van der Waals surface area contributed by atoms with E-state index in [1.165, 1.54) is 38.5 Å². The minimum Gasteiger partial charge on any atom is -0.374 e. The van der Waals surface area contributed by atoms with E-state index >= 15 is 0 Å². The van der Waals surface area contributed by atoms with Crippen molar-refractivity contribution in [3.8, 4) is 0 Å². The lowest BCUT2D eigenvalue weighted by Crippen LogP contribution is -2.45. The number of nitrogens with one attached hydrogen (secondary N) is 1. The van der Waals surface area contributed by atoms with Gasteiger partial charge in [-0.2, -0.15) is 0 Å². The predicted molar refractivity (Wildman–Crippen MR) is 67.5 cm³/mol. The van der Waals surface area contributed by atoms with Crippen LogP contribution in [-0.4, -0.2) is 25.3 Å². The molecule has 0 bridgehead atoms. The molecule has 1 heterocycles. The van der Waals surface area contributed by atoms with Gasteiger partial charge in [-0.1, -0.05) is 19.8 Å². The van der Waals surface area contributed by atoms with Gasteiger partial charge < -0.3 is 10.1 Å². The Morgan fingerprint density at radius 2 is 1.94 bits per heavy atom. The molecule has 16 heavy (non-hydrogen) atoms. The summed E-state index contributed by atoms with van der Waals surface area (Å²) < 4.78 is 6.04. The Hall–Kier alpha value is -0.0800. The maximum atomic E-state index is 6.04. The maximum Gasteiger partial charge on any atom is 0.0735 e. The number of likely N-dealkylation sites (N-methyl/N-ethyl adjacent to an activating group) is 1. The molecule has 1 aliphatic heterocycles. The molecule has 5 atom stereocenters. The SMILES string of the molecule is CNC(C1CCCC(C)C1)C1CCC(C)O1. The average Bonchev–Trinajstić information content (AvgIpc) is 2.66. The summed E-state index contributed by atoms with van der Waals surface area (Å²) in [7, 11) is 2.11. The van der Waals surface area contributed by atoms with E-state index in [4.69, 9.17) is 4.74 Å². The standard InChI is InChI=1S/C14H27NO/c1-10-5-4-6-12(9-10)14(15-3)13-8-7-11(2)16-13/h10-15H,4-9H2,1-3H3. The van der Waals surface area contributed by atoms with Crippen LogP contribution in [0.25, 0.3) is 0 Å². The second-order valence-electron chi connectivity index (χ2n) is 5.91. The minimum absolute atomic E-state index is 0.468. The lowest BCUT2D eigenvalue weighted by Gasteiger charge is -2.36. The van der Waals surface area contributed by atoms with E-state index in [0.29, 0.717) is 18.2 Å². The Bertz CT molecular complexity index is 219. The number of hydrogen-bond donors (Lipinski definition) is 1. The molecule has 0 amide bonds. The first-order chi connectivity index (χ1) is 7.70. The van der Waals surface area contributed by atoms with Crippen LogP contribution in [-0.2, 0) is 4.74 Å². The van der Waals surface area contributed by atoms with Gasteiger partial charge in [0.1, 0.15) is 0 Å².